The first kappa shape index (κ1) is 14.2. The predicted molar refractivity (Wildman–Crippen MR) is 59.8 cm³/mol. The zero-order valence-electron chi connectivity index (χ0n) is 9.00. The first-order valence-corrected chi connectivity index (χ1v) is 5.55. The van der Waals surface area contributed by atoms with E-state index in [-0.39, 0.29) is 19.0 Å². The van der Waals surface area contributed by atoms with Crippen molar-refractivity contribution in [2.75, 3.05) is 24.6 Å². The van der Waals surface area contributed by atoms with Gasteiger partial charge in [-0.1, -0.05) is 0 Å². The zero-order chi connectivity index (χ0) is 13.1. The Balaban J connectivity index is 2.96. The maximum Gasteiger partial charge on any atom is 0.405 e. The van der Waals surface area contributed by atoms with Gasteiger partial charge < -0.3 is 10.0 Å². The van der Waals surface area contributed by atoms with E-state index in [1.807, 2.05) is 0 Å². The van der Waals surface area contributed by atoms with Gasteiger partial charge in [-0.15, -0.1) is 0 Å². The second-order valence-corrected chi connectivity index (χ2v) is 4.17. The van der Waals surface area contributed by atoms with E-state index in [2.05, 4.69) is 25.9 Å². The zero-order valence-corrected chi connectivity index (χ0v) is 10.6. The standard InChI is InChI=1S/C9H11BrF3N3O/c1-6-14-7(10)4-8(15-6)16(2-3-17)5-9(11,12)13/h4,17H,2-3,5H2,1H3. The molecule has 1 rings (SSSR count). The first-order valence-electron chi connectivity index (χ1n) is 4.75. The number of rotatable bonds is 4. The molecule has 0 aliphatic rings. The molecule has 8 heteroatoms. The van der Waals surface area contributed by atoms with Gasteiger partial charge in [0.2, 0.25) is 0 Å². The molecule has 0 aliphatic heterocycles. The van der Waals surface area contributed by atoms with Crippen LogP contribution in [0.5, 0.6) is 0 Å². The third kappa shape index (κ3) is 4.86. The van der Waals surface area contributed by atoms with Crippen LogP contribution in [-0.4, -0.2) is 40.9 Å². The summed E-state index contributed by atoms with van der Waals surface area (Å²) in [6, 6.07) is 1.38. The minimum atomic E-state index is -4.35. The van der Waals surface area contributed by atoms with Crippen molar-refractivity contribution in [1.29, 1.82) is 0 Å². The second kappa shape index (κ2) is 5.63. The Morgan fingerprint density at radius 1 is 1.41 bits per heavy atom. The summed E-state index contributed by atoms with van der Waals surface area (Å²) in [4.78, 5) is 8.78. The topological polar surface area (TPSA) is 49.2 Å². The molecule has 0 radical (unpaired) electrons. The van der Waals surface area contributed by atoms with Gasteiger partial charge in [-0.25, -0.2) is 9.97 Å². The summed E-state index contributed by atoms with van der Waals surface area (Å²) in [6.07, 6.45) is -4.35. The van der Waals surface area contributed by atoms with Gasteiger partial charge >= 0.3 is 6.18 Å². The summed E-state index contributed by atoms with van der Waals surface area (Å²) in [5.41, 5.74) is 0. The number of aromatic nitrogens is 2. The number of aliphatic hydroxyl groups excluding tert-OH is 1. The highest BCUT2D eigenvalue weighted by Crippen LogP contribution is 2.22. The normalized spacial score (nSPS) is 11.6. The average Bonchev–Trinajstić information content (AvgIpc) is 2.13. The van der Waals surface area contributed by atoms with Crippen LogP contribution in [0.25, 0.3) is 0 Å². The van der Waals surface area contributed by atoms with Crippen LogP contribution in [0.2, 0.25) is 0 Å². The Bertz CT molecular complexity index is 366. The number of hydrogen-bond donors (Lipinski definition) is 1. The molecule has 0 saturated carbocycles. The first-order chi connectivity index (χ1) is 7.81. The summed E-state index contributed by atoms with van der Waals surface area (Å²) in [5.74, 6) is 0.496. The van der Waals surface area contributed by atoms with Crippen molar-refractivity contribution >= 4 is 21.7 Å². The van der Waals surface area contributed by atoms with E-state index in [1.165, 1.54) is 6.07 Å². The molecule has 1 aromatic rings. The molecule has 0 spiro atoms. The lowest BCUT2D eigenvalue weighted by atomic mass is 10.4. The highest BCUT2D eigenvalue weighted by atomic mass is 79.9. The summed E-state index contributed by atoms with van der Waals surface area (Å²) in [6.45, 7) is -0.0887. The van der Waals surface area contributed by atoms with E-state index < -0.39 is 12.7 Å². The maximum absolute atomic E-state index is 12.3. The van der Waals surface area contributed by atoms with E-state index >= 15 is 0 Å². The van der Waals surface area contributed by atoms with Gasteiger partial charge in [0.15, 0.2) is 0 Å². The van der Waals surface area contributed by atoms with Crippen molar-refractivity contribution in [3.8, 4) is 0 Å². The summed E-state index contributed by atoms with van der Waals surface area (Å²) < 4.78 is 37.4. The van der Waals surface area contributed by atoms with Crippen molar-refractivity contribution in [2.45, 2.75) is 13.1 Å². The van der Waals surface area contributed by atoms with E-state index in [9.17, 15) is 13.2 Å². The van der Waals surface area contributed by atoms with Gasteiger partial charge in [0.05, 0.1) is 6.61 Å². The van der Waals surface area contributed by atoms with Crippen molar-refractivity contribution < 1.29 is 18.3 Å². The Kier molecular flexibility index (Phi) is 4.70. The van der Waals surface area contributed by atoms with Crippen LogP contribution < -0.4 is 4.90 Å². The number of alkyl halides is 3. The molecule has 0 bridgehead atoms. The van der Waals surface area contributed by atoms with Crippen molar-refractivity contribution in [1.82, 2.24) is 9.97 Å². The molecule has 17 heavy (non-hydrogen) atoms. The second-order valence-electron chi connectivity index (χ2n) is 3.36. The van der Waals surface area contributed by atoms with E-state index in [4.69, 9.17) is 5.11 Å². The van der Waals surface area contributed by atoms with Gasteiger partial charge in [-0.2, -0.15) is 13.2 Å². The molecule has 1 heterocycles. The molecular formula is C9H11BrF3N3O. The number of hydrogen-bond acceptors (Lipinski definition) is 4. The van der Waals surface area contributed by atoms with Crippen LogP contribution in [0.4, 0.5) is 19.0 Å². The highest BCUT2D eigenvalue weighted by molar-refractivity contribution is 9.10. The molecule has 0 aromatic carbocycles. The number of anilines is 1. The van der Waals surface area contributed by atoms with Crippen molar-refractivity contribution in [3.05, 3.63) is 16.5 Å². The molecule has 0 saturated heterocycles. The van der Waals surface area contributed by atoms with Crippen LogP contribution in [0.15, 0.2) is 10.7 Å². The fourth-order valence-electron chi connectivity index (χ4n) is 1.29. The molecular weight excluding hydrogens is 303 g/mol. The fraction of sp³-hybridized carbons (Fsp3) is 0.556. The quantitative estimate of drug-likeness (QED) is 0.863. The molecule has 0 atom stereocenters. The largest absolute Gasteiger partial charge is 0.405 e. The van der Waals surface area contributed by atoms with Crippen LogP contribution in [0, 0.1) is 6.92 Å². The molecule has 1 aromatic heterocycles. The molecule has 0 fully saturated rings. The van der Waals surface area contributed by atoms with E-state index in [0.717, 1.165) is 4.90 Å². The van der Waals surface area contributed by atoms with Crippen LogP contribution in [0.1, 0.15) is 5.82 Å². The third-order valence-corrected chi connectivity index (χ3v) is 2.26. The molecule has 1 N–H and O–H groups in total. The van der Waals surface area contributed by atoms with E-state index in [1.54, 1.807) is 6.92 Å². The van der Waals surface area contributed by atoms with Gasteiger partial charge in [0, 0.05) is 12.6 Å². The monoisotopic (exact) mass is 313 g/mol. The Morgan fingerprint density at radius 2 is 2.06 bits per heavy atom. The lowest BCUT2D eigenvalue weighted by molar-refractivity contribution is -0.120. The lowest BCUT2D eigenvalue weighted by Gasteiger charge is -2.24. The maximum atomic E-state index is 12.3. The average molecular weight is 314 g/mol. The number of aryl methyl sites for hydroxylation is 1. The third-order valence-electron chi connectivity index (χ3n) is 1.86. The molecule has 0 aliphatic carbocycles. The fourth-order valence-corrected chi connectivity index (χ4v) is 1.75. The molecule has 96 valence electrons. The molecule has 0 unspecified atom stereocenters. The van der Waals surface area contributed by atoms with Crippen LogP contribution in [0.3, 0.4) is 0 Å². The van der Waals surface area contributed by atoms with Crippen molar-refractivity contribution in [3.63, 3.8) is 0 Å². The minimum absolute atomic E-state index is 0.135. The van der Waals surface area contributed by atoms with Crippen LogP contribution >= 0.6 is 15.9 Å². The Morgan fingerprint density at radius 3 is 2.53 bits per heavy atom. The minimum Gasteiger partial charge on any atom is -0.395 e. The van der Waals surface area contributed by atoms with E-state index in [0.29, 0.717) is 10.4 Å². The lowest BCUT2D eigenvalue weighted by Crippen LogP contribution is -2.37. The number of halogens is 4. The SMILES string of the molecule is Cc1nc(Br)cc(N(CCO)CC(F)(F)F)n1. The van der Waals surface area contributed by atoms with Crippen molar-refractivity contribution in [2.24, 2.45) is 0 Å². The van der Waals surface area contributed by atoms with Gasteiger partial charge in [0.25, 0.3) is 0 Å². The summed E-state index contributed by atoms with van der Waals surface area (Å²) in [7, 11) is 0. The van der Waals surface area contributed by atoms with Gasteiger partial charge in [0.1, 0.15) is 22.8 Å². The van der Waals surface area contributed by atoms with Crippen LogP contribution in [-0.2, 0) is 0 Å². The Labute approximate surface area is 105 Å². The highest BCUT2D eigenvalue weighted by Gasteiger charge is 2.31. The summed E-state index contributed by atoms with van der Waals surface area (Å²) in [5, 5.41) is 8.77. The number of aliphatic hydroxyl groups is 1. The predicted octanol–water partition coefficient (Wildman–Crippen LogP) is 1.91. The smallest absolute Gasteiger partial charge is 0.395 e. The number of nitrogens with zero attached hydrogens (tertiary/aromatic N) is 3. The van der Waals surface area contributed by atoms with Gasteiger partial charge in [-0.05, 0) is 22.9 Å². The van der Waals surface area contributed by atoms with Gasteiger partial charge in [-0.3, -0.25) is 0 Å². The Hall–Kier alpha value is -0.890. The summed E-state index contributed by atoms with van der Waals surface area (Å²) >= 11 is 3.09. The molecule has 0 amide bonds. The molecule has 4 nitrogen and oxygen atoms in total.